The molecule has 0 bridgehead atoms. The molecule has 0 aromatic rings. The number of amidine groups is 2. The van der Waals surface area contributed by atoms with Gasteiger partial charge in [0.2, 0.25) is 0 Å². The van der Waals surface area contributed by atoms with Crippen molar-refractivity contribution in [3.8, 4) is 0 Å². The summed E-state index contributed by atoms with van der Waals surface area (Å²) in [5.74, 6) is -0.279. The third kappa shape index (κ3) is 13.9. The third-order valence-electron chi connectivity index (χ3n) is 3.35. The van der Waals surface area contributed by atoms with Crippen LogP contribution >= 0.6 is 24.8 Å². The number of hydrogen-bond acceptors (Lipinski definition) is 2. The van der Waals surface area contributed by atoms with Gasteiger partial charge in [0.15, 0.2) is 0 Å². The molecule has 6 heteroatoms. The highest BCUT2D eigenvalue weighted by Gasteiger charge is 2.14. The molecule has 0 aromatic heterocycles. The standard InChI is InChI=1S/C14H30N4.2ClH/c1-2-3-4-5-6-7-8-9-10-11-12(13(15)16)14(17)18;;/h12H,2-11H2,1H3,(H3,15,16)(H3,17,18);2*1H. The van der Waals surface area contributed by atoms with E-state index in [0.29, 0.717) is 0 Å². The summed E-state index contributed by atoms with van der Waals surface area (Å²) >= 11 is 0. The van der Waals surface area contributed by atoms with E-state index in [1.54, 1.807) is 0 Å². The van der Waals surface area contributed by atoms with E-state index in [0.717, 1.165) is 19.3 Å². The molecule has 122 valence electrons. The van der Waals surface area contributed by atoms with E-state index in [-0.39, 0.29) is 42.4 Å². The molecule has 0 radical (unpaired) electrons. The Morgan fingerprint density at radius 2 is 1.10 bits per heavy atom. The van der Waals surface area contributed by atoms with Crippen molar-refractivity contribution in [2.45, 2.75) is 71.1 Å². The van der Waals surface area contributed by atoms with E-state index in [1.165, 1.54) is 44.9 Å². The molecular weight excluding hydrogens is 295 g/mol. The predicted molar refractivity (Wildman–Crippen MR) is 93.7 cm³/mol. The van der Waals surface area contributed by atoms with E-state index >= 15 is 0 Å². The highest BCUT2D eigenvalue weighted by atomic mass is 35.5. The smallest absolute Gasteiger partial charge is 0.101 e. The molecule has 0 spiro atoms. The first kappa shape index (κ1) is 24.5. The van der Waals surface area contributed by atoms with Gasteiger partial charge in [0.1, 0.15) is 11.7 Å². The average molecular weight is 327 g/mol. The summed E-state index contributed by atoms with van der Waals surface area (Å²) in [6.45, 7) is 2.24. The average Bonchev–Trinajstić information content (AvgIpc) is 2.30. The molecule has 0 aliphatic heterocycles. The second kappa shape index (κ2) is 16.6. The van der Waals surface area contributed by atoms with Gasteiger partial charge in [-0.3, -0.25) is 10.8 Å². The van der Waals surface area contributed by atoms with Crippen LogP contribution in [0, 0.1) is 16.7 Å². The van der Waals surface area contributed by atoms with Crippen LogP contribution in [0.2, 0.25) is 0 Å². The van der Waals surface area contributed by atoms with Gasteiger partial charge in [-0.2, -0.15) is 0 Å². The highest BCUT2D eigenvalue weighted by Crippen LogP contribution is 2.13. The van der Waals surface area contributed by atoms with Crippen LogP contribution in [0.15, 0.2) is 0 Å². The number of nitrogens with one attached hydrogen (secondary N) is 2. The normalized spacial score (nSPS) is 11.1. The summed E-state index contributed by atoms with van der Waals surface area (Å²) in [4.78, 5) is 0. The van der Waals surface area contributed by atoms with Crippen molar-refractivity contribution >= 4 is 36.5 Å². The van der Waals surface area contributed by atoms with Crippen LogP contribution in [0.1, 0.15) is 71.1 Å². The second-order valence-corrected chi connectivity index (χ2v) is 5.08. The van der Waals surface area contributed by atoms with Crippen molar-refractivity contribution in [3.05, 3.63) is 0 Å². The number of nitrogens with two attached hydrogens (primary N) is 2. The fourth-order valence-corrected chi connectivity index (χ4v) is 2.14. The third-order valence-corrected chi connectivity index (χ3v) is 3.35. The zero-order valence-electron chi connectivity index (χ0n) is 12.6. The Labute approximate surface area is 136 Å². The molecule has 0 saturated carbocycles. The van der Waals surface area contributed by atoms with Gasteiger partial charge in [-0.15, -0.1) is 24.8 Å². The van der Waals surface area contributed by atoms with E-state index in [4.69, 9.17) is 22.3 Å². The Morgan fingerprint density at radius 1 is 0.750 bits per heavy atom. The van der Waals surface area contributed by atoms with Crippen molar-refractivity contribution in [1.29, 1.82) is 10.8 Å². The SMILES string of the molecule is CCCCCCCCCCCC(C(=N)N)C(=N)N.Cl.Cl. The fraction of sp³-hybridized carbons (Fsp3) is 0.857. The van der Waals surface area contributed by atoms with Gasteiger partial charge in [-0.1, -0.05) is 64.7 Å². The van der Waals surface area contributed by atoms with Gasteiger partial charge < -0.3 is 11.5 Å². The molecular formula is C14H32Cl2N4. The van der Waals surface area contributed by atoms with Gasteiger partial charge in [0.05, 0.1) is 5.92 Å². The second-order valence-electron chi connectivity index (χ2n) is 5.08. The molecule has 0 amide bonds. The van der Waals surface area contributed by atoms with Crippen LogP contribution in [0.4, 0.5) is 0 Å². The lowest BCUT2D eigenvalue weighted by Gasteiger charge is -2.13. The lowest BCUT2D eigenvalue weighted by molar-refractivity contribution is 0.550. The summed E-state index contributed by atoms with van der Waals surface area (Å²) in [5.41, 5.74) is 10.8. The van der Waals surface area contributed by atoms with Crippen LogP contribution in [-0.2, 0) is 0 Å². The lowest BCUT2D eigenvalue weighted by atomic mass is 9.98. The summed E-state index contributed by atoms with van der Waals surface area (Å²) in [5, 5.41) is 14.7. The monoisotopic (exact) mass is 326 g/mol. The minimum absolute atomic E-state index is 0. The van der Waals surface area contributed by atoms with Crippen molar-refractivity contribution in [1.82, 2.24) is 0 Å². The fourth-order valence-electron chi connectivity index (χ4n) is 2.14. The topological polar surface area (TPSA) is 99.7 Å². The summed E-state index contributed by atoms with van der Waals surface area (Å²) in [7, 11) is 0. The van der Waals surface area contributed by atoms with Gasteiger partial charge in [-0.25, -0.2) is 0 Å². The Morgan fingerprint density at radius 3 is 1.45 bits per heavy atom. The number of unbranched alkanes of at least 4 members (excludes halogenated alkanes) is 8. The first-order valence-electron chi connectivity index (χ1n) is 7.27. The van der Waals surface area contributed by atoms with Crippen LogP contribution in [0.25, 0.3) is 0 Å². The first-order chi connectivity index (χ1) is 8.59. The molecule has 0 atom stereocenters. The molecule has 0 saturated heterocycles. The zero-order valence-corrected chi connectivity index (χ0v) is 14.3. The maximum atomic E-state index is 7.35. The number of halogens is 2. The van der Waals surface area contributed by atoms with Gasteiger partial charge >= 0.3 is 0 Å². The summed E-state index contributed by atoms with van der Waals surface area (Å²) in [6.07, 6.45) is 12.2. The maximum absolute atomic E-state index is 7.35. The molecule has 0 heterocycles. The van der Waals surface area contributed by atoms with Crippen LogP contribution < -0.4 is 11.5 Å². The minimum atomic E-state index is -0.338. The molecule has 0 rings (SSSR count). The Bertz CT molecular complexity index is 233. The van der Waals surface area contributed by atoms with E-state index in [2.05, 4.69) is 6.92 Å². The van der Waals surface area contributed by atoms with Crippen molar-refractivity contribution in [2.75, 3.05) is 0 Å². The molecule has 0 aromatic carbocycles. The lowest BCUT2D eigenvalue weighted by Crippen LogP contribution is -2.34. The Balaban J connectivity index is -0.00000144. The van der Waals surface area contributed by atoms with E-state index in [1.807, 2.05) is 0 Å². The van der Waals surface area contributed by atoms with Crippen LogP contribution in [-0.4, -0.2) is 11.7 Å². The van der Waals surface area contributed by atoms with Crippen molar-refractivity contribution < 1.29 is 0 Å². The Kier molecular flexibility index (Phi) is 20.3. The van der Waals surface area contributed by atoms with Gasteiger partial charge in [0.25, 0.3) is 0 Å². The molecule has 0 fully saturated rings. The summed E-state index contributed by atoms with van der Waals surface area (Å²) < 4.78 is 0. The van der Waals surface area contributed by atoms with E-state index < -0.39 is 0 Å². The Hall–Kier alpha value is -0.480. The molecule has 0 unspecified atom stereocenters. The van der Waals surface area contributed by atoms with Gasteiger partial charge in [-0.05, 0) is 6.42 Å². The summed E-state index contributed by atoms with van der Waals surface area (Å²) in [6, 6.07) is 0. The van der Waals surface area contributed by atoms with Crippen LogP contribution in [0.3, 0.4) is 0 Å². The largest absolute Gasteiger partial charge is 0.387 e. The number of rotatable bonds is 12. The molecule has 4 nitrogen and oxygen atoms in total. The highest BCUT2D eigenvalue weighted by molar-refractivity contribution is 6.01. The zero-order chi connectivity index (χ0) is 13.8. The maximum Gasteiger partial charge on any atom is 0.101 e. The van der Waals surface area contributed by atoms with Crippen molar-refractivity contribution in [2.24, 2.45) is 17.4 Å². The quantitative estimate of drug-likeness (QED) is 0.245. The van der Waals surface area contributed by atoms with Crippen molar-refractivity contribution in [3.63, 3.8) is 0 Å². The first-order valence-corrected chi connectivity index (χ1v) is 7.27. The molecule has 20 heavy (non-hydrogen) atoms. The predicted octanol–water partition coefficient (Wildman–Crippen LogP) is 4.24. The minimum Gasteiger partial charge on any atom is -0.387 e. The molecule has 0 aliphatic carbocycles. The molecule has 0 aliphatic rings. The van der Waals surface area contributed by atoms with Gasteiger partial charge in [0, 0.05) is 0 Å². The molecule has 6 N–H and O–H groups in total. The number of hydrogen-bond donors (Lipinski definition) is 4. The van der Waals surface area contributed by atoms with Crippen LogP contribution in [0.5, 0.6) is 0 Å². The van der Waals surface area contributed by atoms with E-state index in [9.17, 15) is 0 Å².